The van der Waals surface area contributed by atoms with E-state index in [1.807, 2.05) is 30.3 Å². The number of nitrogens with one attached hydrogen (secondary N) is 1. The number of carboxylic acid groups (broad SMARTS) is 1. The van der Waals surface area contributed by atoms with Crippen molar-refractivity contribution in [3.63, 3.8) is 0 Å². The average molecular weight is 272 g/mol. The van der Waals surface area contributed by atoms with Gasteiger partial charge >= 0.3 is 5.97 Å². The van der Waals surface area contributed by atoms with Crippen LogP contribution in [-0.4, -0.2) is 28.2 Å². The number of benzene rings is 1. The van der Waals surface area contributed by atoms with Crippen LogP contribution in [0.3, 0.4) is 0 Å². The molecule has 2 unspecified atom stereocenters. The summed E-state index contributed by atoms with van der Waals surface area (Å²) in [6.07, 6.45) is 0.874. The number of amides is 1. The van der Waals surface area contributed by atoms with E-state index in [-0.39, 0.29) is 17.5 Å². The first-order chi connectivity index (χ1) is 9.65. The Morgan fingerprint density at radius 1 is 1.30 bits per heavy atom. The van der Waals surface area contributed by atoms with Gasteiger partial charge in [0.1, 0.15) is 0 Å². The molecule has 3 rings (SSSR count). The Labute approximate surface area is 114 Å². The van der Waals surface area contributed by atoms with Crippen LogP contribution in [0.4, 0.5) is 0 Å². The van der Waals surface area contributed by atoms with Crippen molar-refractivity contribution >= 4 is 11.9 Å². The lowest BCUT2D eigenvalue weighted by Crippen LogP contribution is -2.26. The molecule has 6 nitrogen and oxygen atoms in total. The van der Waals surface area contributed by atoms with Gasteiger partial charge in [-0.3, -0.25) is 4.79 Å². The van der Waals surface area contributed by atoms with Crippen LogP contribution in [0.2, 0.25) is 0 Å². The fraction of sp³-hybridized carbons (Fsp3) is 0.214. The predicted molar refractivity (Wildman–Crippen MR) is 68.5 cm³/mol. The van der Waals surface area contributed by atoms with Crippen molar-refractivity contribution in [2.24, 2.45) is 0 Å². The first-order valence-electron chi connectivity index (χ1n) is 6.21. The molecule has 2 N–H and O–H groups in total. The van der Waals surface area contributed by atoms with Gasteiger partial charge in [0.15, 0.2) is 5.69 Å². The van der Waals surface area contributed by atoms with Gasteiger partial charge in [0, 0.05) is 18.0 Å². The van der Waals surface area contributed by atoms with Gasteiger partial charge in [-0.05, 0) is 12.0 Å². The summed E-state index contributed by atoms with van der Waals surface area (Å²) in [6, 6.07) is 11.1. The largest absolute Gasteiger partial charge is 0.475 e. The van der Waals surface area contributed by atoms with Gasteiger partial charge in [-0.1, -0.05) is 35.5 Å². The van der Waals surface area contributed by atoms with Crippen LogP contribution in [0.15, 0.2) is 40.9 Å². The maximum Gasteiger partial charge on any atom is 0.374 e. The number of aromatic carboxylic acids is 1. The third-order valence-corrected chi connectivity index (χ3v) is 3.29. The fourth-order valence-corrected chi connectivity index (χ4v) is 2.15. The summed E-state index contributed by atoms with van der Waals surface area (Å²) < 4.78 is 4.55. The number of carboxylic acids is 1. The van der Waals surface area contributed by atoms with Crippen LogP contribution in [0, 0.1) is 0 Å². The molecule has 102 valence electrons. The molecule has 1 aromatic heterocycles. The maximum atomic E-state index is 11.9. The summed E-state index contributed by atoms with van der Waals surface area (Å²) in [5.41, 5.74) is 1.17. The Morgan fingerprint density at radius 3 is 2.70 bits per heavy atom. The average Bonchev–Trinajstić information content (AvgIpc) is 3.02. The van der Waals surface area contributed by atoms with Crippen LogP contribution in [-0.2, 0) is 0 Å². The molecule has 1 fully saturated rings. The van der Waals surface area contributed by atoms with E-state index in [1.165, 1.54) is 5.56 Å². The van der Waals surface area contributed by atoms with Crippen molar-refractivity contribution < 1.29 is 19.2 Å². The lowest BCUT2D eigenvalue weighted by Gasteiger charge is -2.02. The molecular weight excluding hydrogens is 260 g/mol. The van der Waals surface area contributed by atoms with Crippen molar-refractivity contribution in [3.8, 4) is 0 Å². The lowest BCUT2D eigenvalue weighted by atomic mass is 10.1. The van der Waals surface area contributed by atoms with Gasteiger partial charge in [0.05, 0.1) is 0 Å². The van der Waals surface area contributed by atoms with E-state index in [0.717, 1.165) is 12.5 Å². The Morgan fingerprint density at radius 2 is 2.05 bits per heavy atom. The highest BCUT2D eigenvalue weighted by Crippen LogP contribution is 2.40. The molecule has 6 heteroatoms. The minimum atomic E-state index is -1.25. The van der Waals surface area contributed by atoms with Crippen molar-refractivity contribution in [1.82, 2.24) is 10.5 Å². The minimum absolute atomic E-state index is 0.0129. The van der Waals surface area contributed by atoms with Crippen LogP contribution < -0.4 is 5.32 Å². The van der Waals surface area contributed by atoms with E-state index in [0.29, 0.717) is 5.92 Å². The van der Waals surface area contributed by atoms with Gasteiger partial charge in [-0.15, -0.1) is 0 Å². The summed E-state index contributed by atoms with van der Waals surface area (Å²) in [4.78, 5) is 22.5. The van der Waals surface area contributed by atoms with Gasteiger partial charge < -0.3 is 14.9 Å². The topological polar surface area (TPSA) is 92.4 Å². The first kappa shape index (κ1) is 12.4. The molecule has 0 bridgehead atoms. The van der Waals surface area contributed by atoms with Gasteiger partial charge in [0.25, 0.3) is 5.91 Å². The zero-order valence-corrected chi connectivity index (χ0v) is 10.4. The lowest BCUT2D eigenvalue weighted by molar-refractivity contribution is 0.0651. The maximum absolute atomic E-state index is 11.9. The number of nitrogens with zero attached hydrogens (tertiary/aromatic N) is 1. The van der Waals surface area contributed by atoms with Crippen molar-refractivity contribution in [1.29, 1.82) is 0 Å². The first-order valence-corrected chi connectivity index (χ1v) is 6.21. The number of carbonyl (C=O) groups is 2. The molecule has 1 aliphatic rings. The standard InChI is InChI=1S/C14H12N2O4/c17-13(11-7-12(14(18)19)20-16-11)15-10-6-9(10)8-4-2-1-3-5-8/h1-5,7,9-10H,6H2,(H,15,17)(H,18,19). The van der Waals surface area contributed by atoms with Crippen LogP contribution in [0.5, 0.6) is 0 Å². The molecule has 1 saturated carbocycles. The summed E-state index contributed by atoms with van der Waals surface area (Å²) in [5, 5.41) is 15.0. The van der Waals surface area contributed by atoms with E-state index in [2.05, 4.69) is 15.0 Å². The minimum Gasteiger partial charge on any atom is -0.475 e. The summed E-state index contributed by atoms with van der Waals surface area (Å²) in [5.74, 6) is -1.69. The monoisotopic (exact) mass is 272 g/mol. The molecule has 2 aromatic rings. The molecule has 1 aliphatic carbocycles. The van der Waals surface area contributed by atoms with Gasteiger partial charge in [-0.25, -0.2) is 4.79 Å². The van der Waals surface area contributed by atoms with Crippen molar-refractivity contribution in [2.45, 2.75) is 18.4 Å². The Kier molecular flexibility index (Phi) is 2.98. The Hall–Kier alpha value is -2.63. The molecule has 1 aromatic carbocycles. The van der Waals surface area contributed by atoms with Crippen molar-refractivity contribution in [2.75, 3.05) is 0 Å². The smallest absolute Gasteiger partial charge is 0.374 e. The Balaban J connectivity index is 1.62. The molecule has 0 spiro atoms. The molecule has 0 saturated heterocycles. The number of hydrogen-bond donors (Lipinski definition) is 2. The highest BCUT2D eigenvalue weighted by molar-refractivity contribution is 5.95. The third-order valence-electron chi connectivity index (χ3n) is 3.29. The van der Waals surface area contributed by atoms with E-state index in [9.17, 15) is 9.59 Å². The highest BCUT2D eigenvalue weighted by atomic mass is 16.5. The number of carbonyl (C=O) groups excluding carboxylic acids is 1. The molecular formula is C14H12N2O4. The number of hydrogen-bond acceptors (Lipinski definition) is 4. The highest BCUT2D eigenvalue weighted by Gasteiger charge is 2.39. The molecule has 1 heterocycles. The molecule has 0 aliphatic heterocycles. The summed E-state index contributed by atoms with van der Waals surface area (Å²) >= 11 is 0. The van der Waals surface area contributed by atoms with Gasteiger partial charge in [-0.2, -0.15) is 0 Å². The quantitative estimate of drug-likeness (QED) is 0.883. The summed E-state index contributed by atoms with van der Waals surface area (Å²) in [6.45, 7) is 0. The fourth-order valence-electron chi connectivity index (χ4n) is 2.15. The molecule has 2 atom stereocenters. The Bertz CT molecular complexity index is 650. The normalized spacial score (nSPS) is 20.4. The zero-order valence-electron chi connectivity index (χ0n) is 10.4. The third kappa shape index (κ3) is 2.40. The van der Waals surface area contributed by atoms with E-state index in [1.54, 1.807) is 0 Å². The molecule has 0 radical (unpaired) electrons. The van der Waals surface area contributed by atoms with E-state index >= 15 is 0 Å². The second-order valence-electron chi connectivity index (χ2n) is 4.71. The van der Waals surface area contributed by atoms with Crippen LogP contribution in [0.25, 0.3) is 0 Å². The second kappa shape index (κ2) is 4.80. The van der Waals surface area contributed by atoms with Crippen LogP contribution >= 0.6 is 0 Å². The zero-order chi connectivity index (χ0) is 14.1. The van der Waals surface area contributed by atoms with Crippen molar-refractivity contribution in [3.05, 3.63) is 53.4 Å². The molecule has 20 heavy (non-hydrogen) atoms. The summed E-state index contributed by atoms with van der Waals surface area (Å²) in [7, 11) is 0. The van der Waals surface area contributed by atoms with Gasteiger partial charge in [0.2, 0.25) is 5.76 Å². The number of aromatic nitrogens is 1. The van der Waals surface area contributed by atoms with E-state index in [4.69, 9.17) is 5.11 Å². The number of rotatable bonds is 4. The SMILES string of the molecule is O=C(NC1CC1c1ccccc1)c1cc(C(=O)O)on1. The predicted octanol–water partition coefficient (Wildman–Crippen LogP) is 1.66. The molecule has 1 amide bonds. The van der Waals surface area contributed by atoms with E-state index < -0.39 is 11.9 Å². The second-order valence-corrected chi connectivity index (χ2v) is 4.71. The van der Waals surface area contributed by atoms with Crippen LogP contribution in [0.1, 0.15) is 38.9 Å².